The van der Waals surface area contributed by atoms with Crippen molar-refractivity contribution in [2.45, 2.75) is 31.9 Å². The molecular formula is C18H26N2OS. The van der Waals surface area contributed by atoms with Crippen LogP contribution in [0.2, 0.25) is 0 Å². The molecule has 22 heavy (non-hydrogen) atoms. The van der Waals surface area contributed by atoms with E-state index in [9.17, 15) is 4.79 Å². The van der Waals surface area contributed by atoms with Gasteiger partial charge in [-0.15, -0.1) is 0 Å². The van der Waals surface area contributed by atoms with Crippen LogP contribution in [0.25, 0.3) is 0 Å². The normalized spacial score (nSPS) is 20.6. The van der Waals surface area contributed by atoms with Gasteiger partial charge in [0.1, 0.15) is 0 Å². The third-order valence-corrected chi connectivity index (χ3v) is 5.77. The molecular weight excluding hydrogens is 292 g/mol. The summed E-state index contributed by atoms with van der Waals surface area (Å²) >= 11 is 1.85. The number of thioether (sulfide) groups is 1. The van der Waals surface area contributed by atoms with E-state index in [0.717, 1.165) is 44.8 Å². The monoisotopic (exact) mass is 318 g/mol. The molecule has 1 aromatic carbocycles. The molecule has 1 saturated carbocycles. The summed E-state index contributed by atoms with van der Waals surface area (Å²) in [5, 5.41) is 0. The maximum atomic E-state index is 12.6. The summed E-state index contributed by atoms with van der Waals surface area (Å²) in [4.78, 5) is 17.0. The average Bonchev–Trinajstić information content (AvgIpc) is 2.53. The zero-order chi connectivity index (χ0) is 15.6. The molecule has 3 nitrogen and oxygen atoms in total. The number of hydrogen-bond donors (Lipinski definition) is 0. The first-order valence-corrected chi connectivity index (χ1v) is 9.64. The maximum absolute atomic E-state index is 12.6. The lowest BCUT2D eigenvalue weighted by Gasteiger charge is -2.44. The second kappa shape index (κ2) is 6.53. The molecule has 2 aliphatic rings. The summed E-state index contributed by atoms with van der Waals surface area (Å²) in [6.45, 7) is 5.75. The second-order valence-corrected chi connectivity index (χ2v) is 7.66. The largest absolute Gasteiger partial charge is 0.368 e. The van der Waals surface area contributed by atoms with E-state index >= 15 is 0 Å². The molecule has 0 bridgehead atoms. The first-order valence-electron chi connectivity index (χ1n) is 8.25. The Morgan fingerprint density at radius 3 is 2.27 bits per heavy atom. The Balaban J connectivity index is 1.56. The van der Waals surface area contributed by atoms with Crippen molar-refractivity contribution in [3.63, 3.8) is 0 Å². The van der Waals surface area contributed by atoms with Crippen LogP contribution in [0.4, 0.5) is 5.69 Å². The van der Waals surface area contributed by atoms with E-state index < -0.39 is 0 Å². The Morgan fingerprint density at radius 1 is 1.14 bits per heavy atom. The van der Waals surface area contributed by atoms with Crippen LogP contribution in [0.15, 0.2) is 24.3 Å². The lowest BCUT2D eigenvalue weighted by Crippen LogP contribution is -2.54. The van der Waals surface area contributed by atoms with E-state index in [1.807, 2.05) is 11.8 Å². The molecule has 0 radical (unpaired) electrons. The van der Waals surface area contributed by atoms with Gasteiger partial charge in [0.25, 0.3) is 0 Å². The average molecular weight is 318 g/mol. The van der Waals surface area contributed by atoms with Crippen LogP contribution in [-0.2, 0) is 10.5 Å². The van der Waals surface area contributed by atoms with Crippen molar-refractivity contribution in [2.75, 3.05) is 37.3 Å². The van der Waals surface area contributed by atoms with Crippen LogP contribution < -0.4 is 4.90 Å². The molecule has 0 unspecified atom stereocenters. The van der Waals surface area contributed by atoms with Gasteiger partial charge in [0.2, 0.25) is 5.91 Å². The van der Waals surface area contributed by atoms with Crippen molar-refractivity contribution in [1.29, 1.82) is 0 Å². The predicted octanol–water partition coefficient (Wildman–Crippen LogP) is 3.39. The van der Waals surface area contributed by atoms with Gasteiger partial charge in [0.05, 0.1) is 0 Å². The molecule has 2 fully saturated rings. The smallest absolute Gasteiger partial charge is 0.228 e. The highest BCUT2D eigenvalue weighted by atomic mass is 32.2. The van der Waals surface area contributed by atoms with E-state index in [1.54, 1.807) is 0 Å². The second-order valence-electron chi connectivity index (χ2n) is 6.79. The van der Waals surface area contributed by atoms with Gasteiger partial charge in [0, 0.05) is 43.0 Å². The number of anilines is 1. The third-order valence-electron chi connectivity index (χ3n) is 5.15. The van der Waals surface area contributed by atoms with E-state index in [-0.39, 0.29) is 5.41 Å². The van der Waals surface area contributed by atoms with E-state index in [2.05, 4.69) is 47.2 Å². The molecule has 3 rings (SSSR count). The summed E-state index contributed by atoms with van der Waals surface area (Å²) in [7, 11) is 0. The fourth-order valence-electron chi connectivity index (χ4n) is 3.44. The summed E-state index contributed by atoms with van der Waals surface area (Å²) in [6.07, 6.45) is 5.49. The van der Waals surface area contributed by atoms with Crippen molar-refractivity contribution in [2.24, 2.45) is 5.41 Å². The van der Waals surface area contributed by atoms with Crippen LogP contribution >= 0.6 is 11.8 Å². The Hall–Kier alpha value is -1.16. The molecule has 1 heterocycles. The zero-order valence-electron chi connectivity index (χ0n) is 13.7. The Labute approximate surface area is 138 Å². The first kappa shape index (κ1) is 15.7. The number of benzene rings is 1. The minimum absolute atomic E-state index is 0.0539. The summed E-state index contributed by atoms with van der Waals surface area (Å²) < 4.78 is 0. The zero-order valence-corrected chi connectivity index (χ0v) is 14.5. The lowest BCUT2D eigenvalue weighted by atomic mass is 9.69. The highest BCUT2D eigenvalue weighted by molar-refractivity contribution is 7.97. The van der Waals surface area contributed by atoms with Crippen molar-refractivity contribution in [3.05, 3.63) is 29.8 Å². The minimum Gasteiger partial charge on any atom is -0.368 e. The molecule has 0 spiro atoms. The van der Waals surface area contributed by atoms with E-state index in [0.29, 0.717) is 5.91 Å². The van der Waals surface area contributed by atoms with Gasteiger partial charge in [-0.3, -0.25) is 4.79 Å². The quantitative estimate of drug-likeness (QED) is 0.850. The summed E-state index contributed by atoms with van der Waals surface area (Å²) in [5.41, 5.74) is 2.61. The third kappa shape index (κ3) is 3.12. The topological polar surface area (TPSA) is 23.6 Å². The van der Waals surface area contributed by atoms with E-state index in [4.69, 9.17) is 0 Å². The predicted molar refractivity (Wildman–Crippen MR) is 94.4 cm³/mol. The molecule has 0 atom stereocenters. The van der Waals surface area contributed by atoms with Crippen molar-refractivity contribution >= 4 is 23.4 Å². The van der Waals surface area contributed by atoms with Crippen LogP contribution in [-0.4, -0.2) is 43.2 Å². The number of hydrogen-bond acceptors (Lipinski definition) is 3. The minimum atomic E-state index is -0.0539. The van der Waals surface area contributed by atoms with Gasteiger partial charge in [-0.25, -0.2) is 0 Å². The van der Waals surface area contributed by atoms with Gasteiger partial charge < -0.3 is 9.80 Å². The molecule has 4 heteroatoms. The van der Waals surface area contributed by atoms with Gasteiger partial charge in [0.15, 0.2) is 0 Å². The number of carbonyl (C=O) groups is 1. The Bertz CT molecular complexity index is 516. The van der Waals surface area contributed by atoms with Crippen LogP contribution in [0.1, 0.15) is 31.7 Å². The van der Waals surface area contributed by atoms with Gasteiger partial charge in [-0.1, -0.05) is 25.5 Å². The van der Waals surface area contributed by atoms with Gasteiger partial charge >= 0.3 is 0 Å². The molecule has 1 aromatic rings. The molecule has 1 saturated heterocycles. The Kier molecular flexibility index (Phi) is 4.67. The lowest BCUT2D eigenvalue weighted by molar-refractivity contribution is -0.146. The van der Waals surface area contributed by atoms with Crippen LogP contribution in [0.3, 0.4) is 0 Å². The molecule has 1 amide bonds. The molecule has 1 aliphatic carbocycles. The van der Waals surface area contributed by atoms with Crippen molar-refractivity contribution in [1.82, 2.24) is 4.90 Å². The summed E-state index contributed by atoms with van der Waals surface area (Å²) in [5.74, 6) is 1.45. The number of piperazine rings is 1. The maximum Gasteiger partial charge on any atom is 0.228 e. The molecule has 1 aliphatic heterocycles. The fraction of sp³-hybridized carbons (Fsp3) is 0.611. The highest BCUT2D eigenvalue weighted by Crippen LogP contribution is 2.42. The standard InChI is InChI=1S/C18H26N2OS/c1-18(8-3-9-18)17(21)20-12-10-19(11-13-20)16-6-4-15(5-7-16)14-22-2/h4-7H,3,8-14H2,1-2H3. The molecule has 120 valence electrons. The number of rotatable bonds is 4. The number of nitrogens with zero attached hydrogens (tertiary/aromatic N) is 2. The SMILES string of the molecule is CSCc1ccc(N2CCN(C(=O)C3(C)CCC3)CC2)cc1. The Morgan fingerprint density at radius 2 is 1.77 bits per heavy atom. The van der Waals surface area contributed by atoms with Crippen LogP contribution in [0, 0.1) is 5.41 Å². The highest BCUT2D eigenvalue weighted by Gasteiger charge is 2.42. The summed E-state index contributed by atoms with van der Waals surface area (Å²) in [6, 6.07) is 8.88. The fourth-order valence-corrected chi connectivity index (χ4v) is 3.97. The van der Waals surface area contributed by atoms with E-state index in [1.165, 1.54) is 17.7 Å². The van der Waals surface area contributed by atoms with Gasteiger partial charge in [-0.05, 0) is 36.8 Å². The first-order chi connectivity index (χ1) is 10.6. The van der Waals surface area contributed by atoms with Crippen LogP contribution in [0.5, 0.6) is 0 Å². The number of carbonyl (C=O) groups excluding carboxylic acids is 1. The van der Waals surface area contributed by atoms with Gasteiger partial charge in [-0.2, -0.15) is 11.8 Å². The number of amides is 1. The molecule has 0 N–H and O–H groups in total. The van der Waals surface area contributed by atoms with Crippen molar-refractivity contribution < 1.29 is 4.79 Å². The molecule has 0 aromatic heterocycles. The van der Waals surface area contributed by atoms with Crippen molar-refractivity contribution in [3.8, 4) is 0 Å².